The normalized spacial score (nSPS) is 15.8. The number of benzene rings is 1. The average Bonchev–Trinajstić information content (AvgIpc) is 2.46. The Bertz CT molecular complexity index is 540. The first-order valence-corrected chi connectivity index (χ1v) is 6.19. The van der Waals surface area contributed by atoms with Crippen molar-refractivity contribution in [3.8, 4) is 6.07 Å². The van der Waals surface area contributed by atoms with Gasteiger partial charge in [-0.15, -0.1) is 0 Å². The van der Waals surface area contributed by atoms with E-state index >= 15 is 0 Å². The molecule has 0 radical (unpaired) electrons. The maximum atomic E-state index is 11.1. The Morgan fingerprint density at radius 1 is 1.42 bits per heavy atom. The number of aldehydes is 1. The Labute approximate surface area is 111 Å². The van der Waals surface area contributed by atoms with Crippen molar-refractivity contribution in [1.82, 2.24) is 0 Å². The molecule has 2 N–H and O–H groups in total. The standard InChI is InChI=1S/C14H15N3O2/c15-8-12-7-10(9-18)1-2-13(12)17-5-3-11(4-6-17)14(16)19/h1-2,7,9,11H,3-6H2,(H2,16,19). The molecule has 0 aliphatic carbocycles. The molecule has 1 saturated heterocycles. The summed E-state index contributed by atoms with van der Waals surface area (Å²) in [4.78, 5) is 23.9. The van der Waals surface area contributed by atoms with E-state index in [1.54, 1.807) is 18.2 Å². The number of hydrogen-bond acceptors (Lipinski definition) is 4. The predicted octanol–water partition coefficient (Wildman–Crippen LogP) is 1.07. The van der Waals surface area contributed by atoms with E-state index in [9.17, 15) is 9.59 Å². The Morgan fingerprint density at radius 3 is 2.63 bits per heavy atom. The SMILES string of the molecule is N#Cc1cc(C=O)ccc1N1CCC(C(N)=O)CC1. The number of rotatable bonds is 3. The Hall–Kier alpha value is -2.35. The first kappa shape index (κ1) is 13.1. The molecule has 2 rings (SSSR count). The highest BCUT2D eigenvalue weighted by Crippen LogP contribution is 2.26. The summed E-state index contributed by atoms with van der Waals surface area (Å²) in [6, 6.07) is 7.18. The molecule has 1 amide bonds. The van der Waals surface area contributed by atoms with Crippen LogP contribution in [0.25, 0.3) is 0 Å². The van der Waals surface area contributed by atoms with Gasteiger partial charge in [-0.1, -0.05) is 0 Å². The molecule has 1 aromatic carbocycles. The molecular weight excluding hydrogens is 242 g/mol. The van der Waals surface area contributed by atoms with Crippen LogP contribution in [0.3, 0.4) is 0 Å². The molecule has 1 aliphatic heterocycles. The predicted molar refractivity (Wildman–Crippen MR) is 70.7 cm³/mol. The molecule has 1 aliphatic rings. The molecule has 5 heteroatoms. The van der Waals surface area contributed by atoms with Crippen molar-refractivity contribution in [3.63, 3.8) is 0 Å². The van der Waals surface area contributed by atoms with Gasteiger partial charge in [-0.25, -0.2) is 0 Å². The molecule has 0 unspecified atom stereocenters. The molecule has 0 aromatic heterocycles. The number of anilines is 1. The van der Waals surface area contributed by atoms with E-state index in [1.165, 1.54) is 0 Å². The fourth-order valence-electron chi connectivity index (χ4n) is 2.40. The minimum Gasteiger partial charge on any atom is -0.370 e. The van der Waals surface area contributed by atoms with Crippen LogP contribution in [0.2, 0.25) is 0 Å². The van der Waals surface area contributed by atoms with Crippen LogP contribution in [-0.4, -0.2) is 25.3 Å². The summed E-state index contributed by atoms with van der Waals surface area (Å²) in [6.07, 6.45) is 2.13. The van der Waals surface area contributed by atoms with Gasteiger partial charge in [0.2, 0.25) is 5.91 Å². The molecule has 1 heterocycles. The molecular formula is C14H15N3O2. The van der Waals surface area contributed by atoms with Gasteiger partial charge in [-0.05, 0) is 31.0 Å². The minimum absolute atomic E-state index is 0.0731. The lowest BCUT2D eigenvalue weighted by Crippen LogP contribution is -2.38. The van der Waals surface area contributed by atoms with Crippen LogP contribution in [0, 0.1) is 17.2 Å². The average molecular weight is 257 g/mol. The first-order chi connectivity index (χ1) is 9.15. The van der Waals surface area contributed by atoms with Crippen LogP contribution < -0.4 is 10.6 Å². The molecule has 0 spiro atoms. The van der Waals surface area contributed by atoms with Gasteiger partial charge in [0.15, 0.2) is 0 Å². The quantitative estimate of drug-likeness (QED) is 0.820. The van der Waals surface area contributed by atoms with Gasteiger partial charge in [0, 0.05) is 24.6 Å². The van der Waals surface area contributed by atoms with Crippen molar-refractivity contribution >= 4 is 17.9 Å². The van der Waals surface area contributed by atoms with Gasteiger partial charge in [-0.2, -0.15) is 5.26 Å². The maximum Gasteiger partial charge on any atom is 0.220 e. The second-order valence-electron chi connectivity index (χ2n) is 4.67. The van der Waals surface area contributed by atoms with Crippen molar-refractivity contribution in [2.45, 2.75) is 12.8 Å². The van der Waals surface area contributed by atoms with Crippen LogP contribution in [0.1, 0.15) is 28.8 Å². The van der Waals surface area contributed by atoms with Crippen LogP contribution in [-0.2, 0) is 4.79 Å². The Kier molecular flexibility index (Phi) is 3.81. The highest BCUT2D eigenvalue weighted by molar-refractivity contribution is 5.79. The molecule has 19 heavy (non-hydrogen) atoms. The number of amides is 1. The largest absolute Gasteiger partial charge is 0.370 e. The summed E-state index contributed by atoms with van der Waals surface area (Å²) in [5.74, 6) is -0.326. The monoisotopic (exact) mass is 257 g/mol. The van der Waals surface area contributed by atoms with Crippen molar-refractivity contribution in [3.05, 3.63) is 29.3 Å². The number of piperidine rings is 1. The van der Waals surface area contributed by atoms with Gasteiger partial charge < -0.3 is 10.6 Å². The minimum atomic E-state index is -0.253. The second kappa shape index (κ2) is 5.53. The number of carbonyl (C=O) groups is 2. The fraction of sp³-hybridized carbons (Fsp3) is 0.357. The number of nitrogens with zero attached hydrogens (tertiary/aromatic N) is 2. The van der Waals surface area contributed by atoms with Gasteiger partial charge in [0.05, 0.1) is 11.3 Å². The second-order valence-corrected chi connectivity index (χ2v) is 4.67. The summed E-state index contributed by atoms with van der Waals surface area (Å²) in [5, 5.41) is 9.14. The highest BCUT2D eigenvalue weighted by atomic mass is 16.1. The fourth-order valence-corrected chi connectivity index (χ4v) is 2.40. The molecule has 5 nitrogen and oxygen atoms in total. The third kappa shape index (κ3) is 2.74. The van der Waals surface area contributed by atoms with E-state index in [0.29, 0.717) is 37.1 Å². The zero-order chi connectivity index (χ0) is 13.8. The summed E-state index contributed by atoms with van der Waals surface area (Å²) in [6.45, 7) is 1.39. The van der Waals surface area contributed by atoms with Crippen LogP contribution in [0.5, 0.6) is 0 Å². The summed E-state index contributed by atoms with van der Waals surface area (Å²) in [5.41, 5.74) is 7.09. The van der Waals surface area contributed by atoms with E-state index < -0.39 is 0 Å². The van der Waals surface area contributed by atoms with Gasteiger partial charge in [0.1, 0.15) is 12.4 Å². The smallest absolute Gasteiger partial charge is 0.220 e. The van der Waals surface area contributed by atoms with E-state index in [2.05, 4.69) is 11.0 Å². The Morgan fingerprint density at radius 2 is 2.11 bits per heavy atom. The number of hydrogen-bond donors (Lipinski definition) is 1. The zero-order valence-corrected chi connectivity index (χ0v) is 10.5. The highest BCUT2D eigenvalue weighted by Gasteiger charge is 2.24. The topological polar surface area (TPSA) is 87.2 Å². The van der Waals surface area contributed by atoms with Gasteiger partial charge >= 0.3 is 0 Å². The van der Waals surface area contributed by atoms with Crippen LogP contribution >= 0.6 is 0 Å². The number of nitriles is 1. The van der Waals surface area contributed by atoms with Crippen molar-refractivity contribution in [1.29, 1.82) is 5.26 Å². The van der Waals surface area contributed by atoms with E-state index in [0.717, 1.165) is 12.0 Å². The molecule has 0 saturated carbocycles. The molecule has 1 aromatic rings. The lowest BCUT2D eigenvalue weighted by atomic mass is 9.95. The molecule has 0 bridgehead atoms. The number of carbonyl (C=O) groups excluding carboxylic acids is 2. The lowest BCUT2D eigenvalue weighted by molar-refractivity contribution is -0.122. The third-order valence-corrected chi connectivity index (χ3v) is 3.52. The lowest BCUT2D eigenvalue weighted by Gasteiger charge is -2.32. The first-order valence-electron chi connectivity index (χ1n) is 6.19. The summed E-state index contributed by atoms with van der Waals surface area (Å²) in [7, 11) is 0. The molecule has 98 valence electrons. The third-order valence-electron chi connectivity index (χ3n) is 3.52. The van der Waals surface area contributed by atoms with Crippen LogP contribution in [0.15, 0.2) is 18.2 Å². The van der Waals surface area contributed by atoms with Crippen molar-refractivity contribution in [2.24, 2.45) is 11.7 Å². The van der Waals surface area contributed by atoms with Crippen LogP contribution in [0.4, 0.5) is 5.69 Å². The number of primary amides is 1. The van der Waals surface area contributed by atoms with E-state index in [4.69, 9.17) is 11.0 Å². The zero-order valence-electron chi connectivity index (χ0n) is 10.5. The van der Waals surface area contributed by atoms with Crippen molar-refractivity contribution in [2.75, 3.05) is 18.0 Å². The van der Waals surface area contributed by atoms with Gasteiger partial charge in [-0.3, -0.25) is 9.59 Å². The van der Waals surface area contributed by atoms with Crippen molar-refractivity contribution < 1.29 is 9.59 Å². The van der Waals surface area contributed by atoms with E-state index in [-0.39, 0.29) is 11.8 Å². The molecule has 1 fully saturated rings. The van der Waals surface area contributed by atoms with E-state index in [1.807, 2.05) is 0 Å². The number of nitrogens with two attached hydrogens (primary N) is 1. The van der Waals surface area contributed by atoms with Gasteiger partial charge in [0.25, 0.3) is 0 Å². The maximum absolute atomic E-state index is 11.1. The summed E-state index contributed by atoms with van der Waals surface area (Å²) < 4.78 is 0. The molecule has 0 atom stereocenters. The summed E-state index contributed by atoms with van der Waals surface area (Å²) >= 11 is 0. The Balaban J connectivity index is 2.18.